The Balaban J connectivity index is 1.06. The van der Waals surface area contributed by atoms with Gasteiger partial charge in [-0.3, -0.25) is 0 Å². The van der Waals surface area contributed by atoms with E-state index in [-0.39, 0.29) is 5.41 Å². The summed E-state index contributed by atoms with van der Waals surface area (Å²) >= 11 is 2.06. The SMILES string of the molecule is CC1(C)c2cc(N(C3=CC=C(c4ccccc4)CC3)c3ccc4c(c3)C(C3=CCCC=C3)(c3ccccc3)c3ccccc3-4)ccc2-c2c1ccc1c2SC2C=CC=CC12. The average Bonchev–Trinajstić information content (AvgIpc) is 3.91. The third-order valence-corrected chi connectivity index (χ3v) is 15.6. The highest BCUT2D eigenvalue weighted by molar-refractivity contribution is 8.00. The van der Waals surface area contributed by atoms with Gasteiger partial charge in [0.25, 0.3) is 0 Å². The number of rotatable bonds is 6. The zero-order chi connectivity index (χ0) is 40.0. The van der Waals surface area contributed by atoms with Crippen LogP contribution in [0.25, 0.3) is 27.8 Å². The van der Waals surface area contributed by atoms with Gasteiger partial charge in [0, 0.05) is 38.6 Å². The molecule has 1 heterocycles. The lowest BCUT2D eigenvalue weighted by molar-refractivity contribution is 0.659. The highest BCUT2D eigenvalue weighted by Crippen LogP contribution is 2.61. The van der Waals surface area contributed by atoms with Crippen LogP contribution in [0.5, 0.6) is 0 Å². The summed E-state index contributed by atoms with van der Waals surface area (Å²) < 4.78 is 0. The number of thioether (sulfide) groups is 1. The van der Waals surface area contributed by atoms with E-state index in [2.05, 4.69) is 219 Å². The second-order valence-corrected chi connectivity index (χ2v) is 18.9. The molecule has 6 aromatic carbocycles. The van der Waals surface area contributed by atoms with E-state index in [0.717, 1.165) is 25.7 Å². The van der Waals surface area contributed by atoms with Gasteiger partial charge in [-0.05, 0) is 128 Å². The fourth-order valence-corrected chi connectivity index (χ4v) is 12.9. The van der Waals surface area contributed by atoms with Gasteiger partial charge in [0.05, 0.1) is 5.41 Å². The molecule has 5 aliphatic carbocycles. The number of hydrogen-bond donors (Lipinski definition) is 0. The van der Waals surface area contributed by atoms with Crippen molar-refractivity contribution in [3.8, 4) is 22.3 Å². The van der Waals surface area contributed by atoms with E-state index in [0.29, 0.717) is 11.2 Å². The number of anilines is 2. The van der Waals surface area contributed by atoms with E-state index in [1.54, 1.807) is 0 Å². The van der Waals surface area contributed by atoms with Gasteiger partial charge in [0.15, 0.2) is 0 Å². The molecule has 2 heteroatoms. The molecule has 0 radical (unpaired) electrons. The van der Waals surface area contributed by atoms with E-state index in [9.17, 15) is 0 Å². The standard InChI is InChI=1S/C58H47NS/c1-57(2)51-35-34-48-47-23-13-15-25-54(47)60-56(48)55(51)49-33-31-43(36-52(49)57)59(42-28-26-39(27-29-42)38-16-6-3-7-17-38)44-30-32-46-45-22-12-14-24-50(45)58(53(46)37-44,40-18-8-4-9-19-40)41-20-10-5-11-21-41/h3-4,6-10,12-26,28,30-37,47,54H,5,11,27,29H2,1-2H3. The highest BCUT2D eigenvalue weighted by atomic mass is 32.2. The molecular weight excluding hydrogens is 743 g/mol. The number of fused-ring (bicyclic) bond motifs is 10. The summed E-state index contributed by atoms with van der Waals surface area (Å²) in [6.45, 7) is 4.87. The number of nitrogens with zero attached hydrogens (tertiary/aromatic N) is 1. The minimum Gasteiger partial charge on any atom is -0.314 e. The predicted molar refractivity (Wildman–Crippen MR) is 253 cm³/mol. The van der Waals surface area contributed by atoms with Crippen LogP contribution in [0, 0.1) is 0 Å². The third kappa shape index (κ3) is 5.20. The Bertz CT molecular complexity index is 2940. The molecule has 0 N–H and O–H groups in total. The molecule has 6 aromatic rings. The Morgan fingerprint density at radius 3 is 2.13 bits per heavy atom. The molecule has 0 aromatic heterocycles. The molecule has 3 unspecified atom stereocenters. The van der Waals surface area contributed by atoms with E-state index < -0.39 is 5.41 Å². The van der Waals surface area contributed by atoms with Crippen molar-refractivity contribution in [1.82, 2.24) is 0 Å². The minimum absolute atomic E-state index is 0.134. The van der Waals surface area contributed by atoms with Crippen molar-refractivity contribution in [2.45, 2.75) is 66.4 Å². The molecule has 0 fully saturated rings. The molecule has 1 aliphatic heterocycles. The maximum absolute atomic E-state index is 2.59. The van der Waals surface area contributed by atoms with E-state index >= 15 is 0 Å². The Morgan fingerprint density at radius 1 is 0.617 bits per heavy atom. The van der Waals surface area contributed by atoms with E-state index in [1.165, 1.54) is 94.3 Å². The molecular formula is C58H47NS. The van der Waals surface area contributed by atoms with Crippen LogP contribution in [-0.4, -0.2) is 5.25 Å². The maximum Gasteiger partial charge on any atom is 0.0711 e. The first-order valence-corrected chi connectivity index (χ1v) is 22.7. The van der Waals surface area contributed by atoms with Crippen LogP contribution in [-0.2, 0) is 10.8 Å². The lowest BCUT2D eigenvalue weighted by Crippen LogP contribution is -2.30. The first-order chi connectivity index (χ1) is 29.5. The summed E-state index contributed by atoms with van der Waals surface area (Å²) in [5.41, 5.74) is 21.1. The van der Waals surface area contributed by atoms with Crippen molar-refractivity contribution in [3.05, 3.63) is 238 Å². The van der Waals surface area contributed by atoms with Crippen molar-refractivity contribution in [1.29, 1.82) is 0 Å². The highest BCUT2D eigenvalue weighted by Gasteiger charge is 2.47. The van der Waals surface area contributed by atoms with Crippen molar-refractivity contribution in [3.63, 3.8) is 0 Å². The second kappa shape index (κ2) is 13.7. The topological polar surface area (TPSA) is 3.24 Å². The van der Waals surface area contributed by atoms with Crippen molar-refractivity contribution in [2.75, 3.05) is 4.90 Å². The van der Waals surface area contributed by atoms with Crippen LogP contribution in [0.15, 0.2) is 204 Å². The first-order valence-electron chi connectivity index (χ1n) is 21.8. The monoisotopic (exact) mass is 789 g/mol. The fourth-order valence-electron chi connectivity index (χ4n) is 11.4. The largest absolute Gasteiger partial charge is 0.314 e. The molecule has 290 valence electrons. The quantitative estimate of drug-likeness (QED) is 0.165. The number of hydrogen-bond acceptors (Lipinski definition) is 2. The van der Waals surface area contributed by atoms with Gasteiger partial charge in [0.1, 0.15) is 0 Å². The van der Waals surface area contributed by atoms with Crippen molar-refractivity contribution < 1.29 is 0 Å². The van der Waals surface area contributed by atoms with Gasteiger partial charge in [-0.2, -0.15) is 0 Å². The summed E-state index contributed by atoms with van der Waals surface area (Å²) in [5, 5.41) is 0.472. The smallest absolute Gasteiger partial charge is 0.0711 e. The Morgan fingerprint density at radius 2 is 1.35 bits per heavy atom. The summed E-state index contributed by atoms with van der Waals surface area (Å²) in [7, 11) is 0. The molecule has 6 aliphatic rings. The number of benzene rings is 6. The lowest BCUT2D eigenvalue weighted by Gasteiger charge is -2.37. The van der Waals surface area contributed by atoms with Gasteiger partial charge >= 0.3 is 0 Å². The van der Waals surface area contributed by atoms with Gasteiger partial charge in [-0.1, -0.05) is 172 Å². The Kier molecular flexibility index (Phi) is 8.20. The second-order valence-electron chi connectivity index (χ2n) is 17.7. The molecule has 60 heavy (non-hydrogen) atoms. The Hall–Kier alpha value is -6.09. The molecule has 1 nitrogen and oxygen atoms in total. The normalized spacial score (nSPS) is 22.1. The van der Waals surface area contributed by atoms with Crippen LogP contribution in [0.1, 0.15) is 84.4 Å². The molecule has 0 amide bonds. The predicted octanol–water partition coefficient (Wildman–Crippen LogP) is 15.2. The lowest BCUT2D eigenvalue weighted by atomic mass is 9.66. The van der Waals surface area contributed by atoms with Crippen LogP contribution in [0.4, 0.5) is 11.4 Å². The van der Waals surface area contributed by atoms with Gasteiger partial charge in [-0.15, -0.1) is 11.8 Å². The fraction of sp³-hybridized carbons (Fsp3) is 0.172. The molecule has 0 saturated carbocycles. The van der Waals surface area contributed by atoms with Crippen LogP contribution in [0.2, 0.25) is 0 Å². The molecule has 12 rings (SSSR count). The molecule has 0 saturated heterocycles. The summed E-state index contributed by atoms with van der Waals surface area (Å²) in [4.78, 5) is 4.07. The van der Waals surface area contributed by atoms with Crippen molar-refractivity contribution >= 4 is 28.7 Å². The number of allylic oxidation sites excluding steroid dienone is 11. The summed E-state index contributed by atoms with van der Waals surface area (Å²) in [6.07, 6.45) is 25.4. The van der Waals surface area contributed by atoms with Crippen LogP contribution < -0.4 is 4.90 Å². The zero-order valence-electron chi connectivity index (χ0n) is 34.2. The minimum atomic E-state index is -0.422. The van der Waals surface area contributed by atoms with Crippen molar-refractivity contribution in [2.24, 2.45) is 0 Å². The summed E-state index contributed by atoms with van der Waals surface area (Å²) in [6, 6.07) is 50.9. The van der Waals surface area contributed by atoms with Gasteiger partial charge in [0.2, 0.25) is 0 Å². The average molecular weight is 790 g/mol. The van der Waals surface area contributed by atoms with E-state index in [4.69, 9.17) is 0 Å². The third-order valence-electron chi connectivity index (χ3n) is 14.2. The van der Waals surface area contributed by atoms with Crippen LogP contribution in [0.3, 0.4) is 0 Å². The molecule has 3 atom stereocenters. The summed E-state index contributed by atoms with van der Waals surface area (Å²) in [5.74, 6) is 0.447. The van der Waals surface area contributed by atoms with E-state index in [1.807, 2.05) is 0 Å². The molecule has 0 bridgehead atoms. The Labute approximate surface area is 358 Å². The van der Waals surface area contributed by atoms with Gasteiger partial charge in [-0.25, -0.2) is 0 Å². The maximum atomic E-state index is 2.59. The first kappa shape index (κ1) is 35.8. The molecule has 0 spiro atoms. The zero-order valence-corrected chi connectivity index (χ0v) is 35.1. The van der Waals surface area contributed by atoms with Crippen LogP contribution >= 0.6 is 11.8 Å². The van der Waals surface area contributed by atoms with Gasteiger partial charge < -0.3 is 4.90 Å².